The van der Waals surface area contributed by atoms with Gasteiger partial charge in [0.1, 0.15) is 5.76 Å². The molecule has 1 fully saturated rings. The van der Waals surface area contributed by atoms with Gasteiger partial charge in [-0.1, -0.05) is 23.4 Å². The van der Waals surface area contributed by atoms with Crippen LogP contribution in [0.4, 0.5) is 0 Å². The molecule has 2 aromatic heterocycles. The Kier molecular flexibility index (Phi) is 6.40. The molecule has 0 N–H and O–H groups in total. The second-order valence-corrected chi connectivity index (χ2v) is 10.9. The number of hydrogen-bond donors (Lipinski definition) is 0. The predicted octanol–water partition coefficient (Wildman–Crippen LogP) is 2.98. The molecule has 0 radical (unpaired) electrons. The first-order chi connectivity index (χ1) is 14.8. The van der Waals surface area contributed by atoms with E-state index in [0.717, 1.165) is 11.3 Å². The molecule has 31 heavy (non-hydrogen) atoms. The molecule has 0 saturated carbocycles. The van der Waals surface area contributed by atoms with E-state index >= 15 is 0 Å². The lowest BCUT2D eigenvalue weighted by atomic mass is 10.2. The van der Waals surface area contributed by atoms with Gasteiger partial charge in [0.2, 0.25) is 5.91 Å². The van der Waals surface area contributed by atoms with Crippen molar-refractivity contribution in [1.29, 1.82) is 0 Å². The van der Waals surface area contributed by atoms with Crippen molar-refractivity contribution in [3.05, 3.63) is 53.4 Å². The fraction of sp³-hybridized carbons (Fsp3) is 0.350. The number of sulfone groups is 1. The van der Waals surface area contributed by atoms with Gasteiger partial charge in [-0.2, -0.15) is 0 Å². The van der Waals surface area contributed by atoms with Gasteiger partial charge in [-0.15, -0.1) is 10.2 Å². The van der Waals surface area contributed by atoms with E-state index in [1.807, 2.05) is 28.8 Å². The van der Waals surface area contributed by atoms with E-state index in [9.17, 15) is 13.2 Å². The fourth-order valence-corrected chi connectivity index (χ4v) is 6.18. The highest BCUT2D eigenvalue weighted by Crippen LogP contribution is 2.27. The topological polar surface area (TPSA) is 98.3 Å². The second kappa shape index (κ2) is 9.05. The summed E-state index contributed by atoms with van der Waals surface area (Å²) in [6.07, 6.45) is 2.08. The van der Waals surface area contributed by atoms with Gasteiger partial charge in [0, 0.05) is 23.7 Å². The molecule has 3 heterocycles. The van der Waals surface area contributed by atoms with Crippen LogP contribution in [0.1, 0.15) is 12.2 Å². The summed E-state index contributed by atoms with van der Waals surface area (Å²) in [4.78, 5) is 14.2. The summed E-state index contributed by atoms with van der Waals surface area (Å²) in [6, 6.07) is 10.7. The maximum Gasteiger partial charge on any atom is 0.233 e. The fourth-order valence-electron chi connectivity index (χ4n) is 3.42. The van der Waals surface area contributed by atoms with Crippen LogP contribution in [-0.4, -0.2) is 64.3 Å². The predicted molar refractivity (Wildman–Crippen MR) is 119 cm³/mol. The summed E-state index contributed by atoms with van der Waals surface area (Å²) in [6.45, 7) is 0.408. The van der Waals surface area contributed by atoms with Gasteiger partial charge in [0.25, 0.3) is 0 Å². The Hall–Kier alpha value is -2.30. The van der Waals surface area contributed by atoms with Crippen molar-refractivity contribution in [2.75, 3.05) is 24.3 Å². The number of benzene rings is 1. The van der Waals surface area contributed by atoms with Gasteiger partial charge < -0.3 is 9.32 Å². The van der Waals surface area contributed by atoms with E-state index < -0.39 is 9.84 Å². The number of carbonyl (C=O) groups excluding carboxylic acids is 1. The van der Waals surface area contributed by atoms with E-state index in [1.165, 1.54) is 16.7 Å². The lowest BCUT2D eigenvalue weighted by Gasteiger charge is -2.23. The van der Waals surface area contributed by atoms with Crippen molar-refractivity contribution in [2.24, 2.45) is 0 Å². The number of aromatic nitrogens is 3. The molecule has 0 aliphatic carbocycles. The van der Waals surface area contributed by atoms with Crippen LogP contribution >= 0.6 is 23.4 Å². The molecule has 1 aromatic carbocycles. The maximum absolute atomic E-state index is 12.7. The van der Waals surface area contributed by atoms with Gasteiger partial charge >= 0.3 is 0 Å². The lowest BCUT2D eigenvalue weighted by molar-refractivity contribution is -0.128. The standard InChI is InChI=1S/C20H21ClN4O4S2/c1-24(16-8-10-31(27,28)13-16)18(26)12-30-20-23-22-19(14-4-6-15(21)7-5-14)25(20)11-17-3-2-9-29-17/h2-7,9,16H,8,10-13H2,1H3/t16-/m0/s1. The maximum atomic E-state index is 12.7. The van der Waals surface area contributed by atoms with Crippen molar-refractivity contribution in [1.82, 2.24) is 19.7 Å². The highest BCUT2D eigenvalue weighted by Gasteiger charge is 2.32. The van der Waals surface area contributed by atoms with Crippen LogP contribution in [0.3, 0.4) is 0 Å². The zero-order valence-corrected chi connectivity index (χ0v) is 19.2. The summed E-state index contributed by atoms with van der Waals surface area (Å²) < 4.78 is 30.8. The van der Waals surface area contributed by atoms with E-state index in [0.29, 0.717) is 29.0 Å². The number of carbonyl (C=O) groups is 1. The minimum absolute atomic E-state index is 0.0231. The molecule has 11 heteroatoms. The Labute approximate surface area is 189 Å². The van der Waals surface area contributed by atoms with Gasteiger partial charge in [-0.25, -0.2) is 8.42 Å². The summed E-state index contributed by atoms with van der Waals surface area (Å²) >= 11 is 7.27. The molecule has 1 saturated heterocycles. The number of rotatable bonds is 7. The molecule has 0 spiro atoms. The average molecular weight is 481 g/mol. The van der Waals surface area contributed by atoms with E-state index in [1.54, 1.807) is 25.4 Å². The Bertz CT molecular complexity index is 1160. The van der Waals surface area contributed by atoms with Gasteiger partial charge in [-0.05, 0) is 42.8 Å². The van der Waals surface area contributed by atoms with E-state index in [4.69, 9.17) is 16.0 Å². The summed E-state index contributed by atoms with van der Waals surface area (Å²) in [5, 5.41) is 9.80. The highest BCUT2D eigenvalue weighted by atomic mass is 35.5. The molecule has 0 unspecified atom stereocenters. The summed E-state index contributed by atoms with van der Waals surface area (Å²) in [5.41, 5.74) is 0.843. The minimum Gasteiger partial charge on any atom is -0.467 e. The van der Waals surface area contributed by atoms with Crippen LogP contribution in [0.5, 0.6) is 0 Å². The molecule has 4 rings (SSSR count). The number of halogens is 1. The number of amides is 1. The van der Waals surface area contributed by atoms with E-state index in [-0.39, 0.29) is 29.2 Å². The lowest BCUT2D eigenvalue weighted by Crippen LogP contribution is -2.38. The first kappa shape index (κ1) is 21.9. The van der Waals surface area contributed by atoms with Gasteiger partial charge in [0.05, 0.1) is 30.1 Å². The van der Waals surface area contributed by atoms with Gasteiger partial charge in [0.15, 0.2) is 20.8 Å². The molecule has 8 nitrogen and oxygen atoms in total. The molecule has 1 atom stereocenters. The number of furan rings is 1. The normalized spacial score (nSPS) is 17.7. The van der Waals surface area contributed by atoms with Crippen LogP contribution < -0.4 is 0 Å². The third kappa shape index (κ3) is 5.13. The van der Waals surface area contributed by atoms with Crippen molar-refractivity contribution >= 4 is 39.1 Å². The zero-order chi connectivity index (χ0) is 22.0. The quantitative estimate of drug-likeness (QED) is 0.479. The minimum atomic E-state index is -3.05. The van der Waals surface area contributed by atoms with E-state index in [2.05, 4.69) is 10.2 Å². The molecule has 1 aliphatic rings. The monoisotopic (exact) mass is 480 g/mol. The van der Waals surface area contributed by atoms with Crippen molar-refractivity contribution < 1.29 is 17.6 Å². The Morgan fingerprint density at radius 1 is 1.29 bits per heavy atom. The number of nitrogens with zero attached hydrogens (tertiary/aromatic N) is 4. The third-order valence-electron chi connectivity index (χ3n) is 5.19. The summed E-state index contributed by atoms with van der Waals surface area (Å²) in [5.74, 6) is 1.51. The Morgan fingerprint density at radius 3 is 2.71 bits per heavy atom. The SMILES string of the molecule is CN(C(=O)CSc1nnc(-c2ccc(Cl)cc2)n1Cc1ccco1)[C@H]1CCS(=O)(=O)C1. The molecule has 1 amide bonds. The van der Waals surface area contributed by atoms with Crippen LogP contribution in [0.15, 0.2) is 52.2 Å². The largest absolute Gasteiger partial charge is 0.467 e. The number of hydrogen-bond acceptors (Lipinski definition) is 7. The van der Waals surface area contributed by atoms with Crippen molar-refractivity contribution in [3.63, 3.8) is 0 Å². The Morgan fingerprint density at radius 2 is 2.06 bits per heavy atom. The molecular weight excluding hydrogens is 460 g/mol. The summed E-state index contributed by atoms with van der Waals surface area (Å²) in [7, 11) is -1.40. The zero-order valence-electron chi connectivity index (χ0n) is 16.8. The highest BCUT2D eigenvalue weighted by molar-refractivity contribution is 7.99. The average Bonchev–Trinajstić information content (AvgIpc) is 3.47. The number of thioether (sulfide) groups is 1. The second-order valence-electron chi connectivity index (χ2n) is 7.33. The molecule has 164 valence electrons. The Balaban J connectivity index is 1.52. The molecule has 0 bridgehead atoms. The first-order valence-corrected chi connectivity index (χ1v) is 12.8. The van der Waals surface area contributed by atoms with Crippen molar-refractivity contribution in [3.8, 4) is 11.4 Å². The smallest absolute Gasteiger partial charge is 0.233 e. The molecule has 3 aromatic rings. The van der Waals surface area contributed by atoms with Crippen LogP contribution in [0, 0.1) is 0 Å². The van der Waals surface area contributed by atoms with Gasteiger partial charge in [-0.3, -0.25) is 9.36 Å². The van der Waals surface area contributed by atoms with Crippen LogP contribution in [0.25, 0.3) is 11.4 Å². The van der Waals surface area contributed by atoms with Crippen molar-refractivity contribution in [2.45, 2.75) is 24.2 Å². The third-order valence-corrected chi connectivity index (χ3v) is 8.14. The first-order valence-electron chi connectivity index (χ1n) is 9.63. The van der Waals surface area contributed by atoms with Crippen LogP contribution in [0.2, 0.25) is 5.02 Å². The molecule has 1 aliphatic heterocycles. The molecular formula is C20H21ClN4O4S2. The van der Waals surface area contributed by atoms with Crippen LogP contribution in [-0.2, 0) is 21.2 Å².